The highest BCUT2D eigenvalue weighted by molar-refractivity contribution is 5.96. The molecular formula is C20H12O4. The molecule has 2 heterocycles. The number of ether oxygens (including phenoxy) is 1. The van der Waals surface area contributed by atoms with Crippen LogP contribution in [0.25, 0.3) is 0 Å². The molecule has 4 nitrogen and oxygen atoms in total. The van der Waals surface area contributed by atoms with E-state index in [1.165, 1.54) is 0 Å². The summed E-state index contributed by atoms with van der Waals surface area (Å²) in [5.74, 6) is 0.702. The molecule has 0 radical (unpaired) electrons. The van der Waals surface area contributed by atoms with Gasteiger partial charge in [0.05, 0.1) is 16.7 Å². The van der Waals surface area contributed by atoms with Crippen molar-refractivity contribution in [3.8, 4) is 11.5 Å². The molecule has 3 aromatic carbocycles. The molecule has 0 bridgehead atoms. The zero-order chi connectivity index (χ0) is 16.1. The Kier molecular flexibility index (Phi) is 2.54. The summed E-state index contributed by atoms with van der Waals surface area (Å²) in [6, 6.07) is 22.3. The van der Waals surface area contributed by atoms with Gasteiger partial charge in [-0.05, 0) is 18.2 Å². The van der Waals surface area contributed by atoms with Crippen LogP contribution in [-0.2, 0) is 10.3 Å². The predicted molar refractivity (Wildman–Crippen MR) is 85.9 cm³/mol. The number of carbonyl (C=O) groups excluding carboxylic acids is 1. The van der Waals surface area contributed by atoms with E-state index in [1.807, 2.05) is 54.6 Å². The highest BCUT2D eigenvalue weighted by Crippen LogP contribution is 2.53. The number of hydrogen-bond donors (Lipinski definition) is 0. The van der Waals surface area contributed by atoms with Crippen LogP contribution in [-0.4, -0.2) is 5.97 Å². The molecule has 2 aliphatic rings. The summed E-state index contributed by atoms with van der Waals surface area (Å²) in [5, 5.41) is 0. The molecule has 0 unspecified atom stereocenters. The number of esters is 1. The standard InChI is InChI=1S/C20H12O4/c21-19-13-7-1-2-8-14(13)20(22-19)15-9-3-5-11-17(15)23-24-18-12-6-4-10-16(18)20/h1-12H. The number of rotatable bonds is 0. The van der Waals surface area contributed by atoms with Crippen LogP contribution < -0.4 is 9.78 Å². The molecule has 0 amide bonds. The third kappa shape index (κ3) is 1.55. The van der Waals surface area contributed by atoms with Crippen molar-refractivity contribution in [2.24, 2.45) is 0 Å². The summed E-state index contributed by atoms with van der Waals surface area (Å²) in [5.41, 5.74) is 1.77. The largest absolute Gasteiger partial charge is 0.440 e. The molecule has 3 aromatic rings. The lowest BCUT2D eigenvalue weighted by atomic mass is 9.79. The van der Waals surface area contributed by atoms with E-state index in [1.54, 1.807) is 18.2 Å². The molecule has 1 spiro atoms. The van der Waals surface area contributed by atoms with Crippen molar-refractivity contribution in [1.82, 2.24) is 0 Å². The molecule has 0 N–H and O–H groups in total. The number of carbonyl (C=O) groups is 1. The average Bonchev–Trinajstić information content (AvgIpc) is 2.86. The third-order valence-corrected chi connectivity index (χ3v) is 4.53. The van der Waals surface area contributed by atoms with Crippen LogP contribution in [0, 0.1) is 0 Å². The van der Waals surface area contributed by atoms with Gasteiger partial charge in [0.1, 0.15) is 0 Å². The van der Waals surface area contributed by atoms with E-state index < -0.39 is 5.60 Å². The van der Waals surface area contributed by atoms with Crippen LogP contribution in [0.5, 0.6) is 11.5 Å². The highest BCUT2D eigenvalue weighted by atomic mass is 17.2. The molecule has 24 heavy (non-hydrogen) atoms. The fraction of sp³-hybridized carbons (Fsp3) is 0.0500. The van der Waals surface area contributed by atoms with Gasteiger partial charge < -0.3 is 4.74 Å². The van der Waals surface area contributed by atoms with Gasteiger partial charge in [0.15, 0.2) is 17.1 Å². The molecular weight excluding hydrogens is 304 g/mol. The van der Waals surface area contributed by atoms with Crippen LogP contribution >= 0.6 is 0 Å². The van der Waals surface area contributed by atoms with E-state index in [4.69, 9.17) is 14.5 Å². The Morgan fingerprint density at radius 1 is 0.625 bits per heavy atom. The molecule has 0 atom stereocenters. The lowest BCUT2D eigenvalue weighted by Gasteiger charge is -2.29. The van der Waals surface area contributed by atoms with E-state index in [9.17, 15) is 4.79 Å². The third-order valence-electron chi connectivity index (χ3n) is 4.53. The maximum atomic E-state index is 12.6. The maximum absolute atomic E-state index is 12.6. The van der Waals surface area contributed by atoms with E-state index >= 15 is 0 Å². The first-order chi connectivity index (χ1) is 11.8. The van der Waals surface area contributed by atoms with E-state index in [0.29, 0.717) is 17.1 Å². The summed E-state index contributed by atoms with van der Waals surface area (Å²) in [4.78, 5) is 23.6. The van der Waals surface area contributed by atoms with E-state index in [-0.39, 0.29) is 5.97 Å². The lowest BCUT2D eigenvalue weighted by Crippen LogP contribution is -2.29. The quantitative estimate of drug-likeness (QED) is 0.467. The molecule has 0 aromatic heterocycles. The summed E-state index contributed by atoms with van der Waals surface area (Å²) in [6.07, 6.45) is 0. The van der Waals surface area contributed by atoms with Crippen LogP contribution in [0.15, 0.2) is 72.8 Å². The van der Waals surface area contributed by atoms with E-state index in [2.05, 4.69) is 0 Å². The minimum absolute atomic E-state index is 0.350. The predicted octanol–water partition coefficient (Wildman–Crippen LogP) is 3.84. The van der Waals surface area contributed by atoms with E-state index in [0.717, 1.165) is 16.7 Å². The SMILES string of the molecule is O=C1OC2(c3ccccc3OOc3ccccc32)c2ccccc21. The Balaban J connectivity index is 1.94. The molecule has 0 saturated carbocycles. The Morgan fingerprint density at radius 2 is 1.12 bits per heavy atom. The van der Waals surface area contributed by atoms with Crippen LogP contribution in [0.2, 0.25) is 0 Å². The van der Waals surface area contributed by atoms with Crippen molar-refractivity contribution in [2.75, 3.05) is 0 Å². The van der Waals surface area contributed by atoms with Crippen LogP contribution in [0.1, 0.15) is 27.0 Å². The fourth-order valence-corrected chi connectivity index (χ4v) is 3.51. The second-order valence-corrected chi connectivity index (χ2v) is 5.78. The Bertz CT molecular complexity index is 929. The number of benzene rings is 3. The first-order valence-electron chi connectivity index (χ1n) is 7.67. The first-order valence-corrected chi connectivity index (χ1v) is 7.67. The van der Waals surface area contributed by atoms with Gasteiger partial charge in [0, 0.05) is 5.56 Å². The summed E-state index contributed by atoms with van der Waals surface area (Å²) >= 11 is 0. The monoisotopic (exact) mass is 316 g/mol. The zero-order valence-corrected chi connectivity index (χ0v) is 12.6. The van der Waals surface area contributed by atoms with Crippen molar-refractivity contribution >= 4 is 5.97 Å². The normalized spacial score (nSPS) is 16.1. The Morgan fingerprint density at radius 3 is 1.75 bits per heavy atom. The maximum Gasteiger partial charge on any atom is 0.340 e. The number of para-hydroxylation sites is 2. The van der Waals surface area contributed by atoms with Crippen molar-refractivity contribution in [2.45, 2.75) is 5.60 Å². The van der Waals surface area contributed by atoms with Crippen molar-refractivity contribution in [3.63, 3.8) is 0 Å². The molecule has 0 aliphatic carbocycles. The average molecular weight is 316 g/mol. The number of fused-ring (bicyclic) bond motifs is 6. The zero-order valence-electron chi connectivity index (χ0n) is 12.6. The van der Waals surface area contributed by atoms with Gasteiger partial charge in [-0.25, -0.2) is 4.79 Å². The fourth-order valence-electron chi connectivity index (χ4n) is 3.51. The van der Waals surface area contributed by atoms with Gasteiger partial charge in [-0.3, -0.25) is 9.78 Å². The molecule has 2 aliphatic heterocycles. The Hall–Kier alpha value is -3.27. The first kappa shape index (κ1) is 13.2. The molecule has 5 rings (SSSR count). The van der Waals surface area contributed by atoms with Gasteiger partial charge in [0.2, 0.25) is 0 Å². The topological polar surface area (TPSA) is 44.8 Å². The molecule has 116 valence electrons. The van der Waals surface area contributed by atoms with Crippen molar-refractivity contribution in [3.05, 3.63) is 95.1 Å². The highest BCUT2D eigenvalue weighted by Gasteiger charge is 2.52. The second kappa shape index (κ2) is 4.61. The molecule has 4 heteroatoms. The van der Waals surface area contributed by atoms with Gasteiger partial charge in [-0.1, -0.05) is 54.6 Å². The Labute approximate surface area is 138 Å². The summed E-state index contributed by atoms with van der Waals surface area (Å²) in [7, 11) is 0. The van der Waals surface area contributed by atoms with Gasteiger partial charge in [-0.2, -0.15) is 0 Å². The minimum Gasteiger partial charge on any atom is -0.440 e. The van der Waals surface area contributed by atoms with Gasteiger partial charge in [-0.15, -0.1) is 0 Å². The molecule has 0 fully saturated rings. The second-order valence-electron chi connectivity index (χ2n) is 5.78. The lowest BCUT2D eigenvalue weighted by molar-refractivity contribution is -0.0992. The van der Waals surface area contributed by atoms with Crippen LogP contribution in [0.4, 0.5) is 0 Å². The minimum atomic E-state index is -1.07. The van der Waals surface area contributed by atoms with Gasteiger partial charge >= 0.3 is 5.97 Å². The smallest absolute Gasteiger partial charge is 0.340 e. The van der Waals surface area contributed by atoms with Gasteiger partial charge in [0.25, 0.3) is 0 Å². The van der Waals surface area contributed by atoms with Crippen LogP contribution in [0.3, 0.4) is 0 Å². The van der Waals surface area contributed by atoms with Crippen molar-refractivity contribution < 1.29 is 19.3 Å². The molecule has 0 saturated heterocycles. The number of hydrogen-bond acceptors (Lipinski definition) is 4. The van der Waals surface area contributed by atoms with Crippen molar-refractivity contribution in [1.29, 1.82) is 0 Å². The summed E-state index contributed by atoms with van der Waals surface area (Å²) in [6.45, 7) is 0. The summed E-state index contributed by atoms with van der Waals surface area (Å²) < 4.78 is 5.99.